The molecular weight excluding hydrogens is 352 g/mol. The smallest absolute Gasteiger partial charge is 0.233 e. The second kappa shape index (κ2) is 8.78. The molecule has 1 aromatic carbocycles. The molecule has 7 heteroatoms. The number of amides is 1. The van der Waals surface area contributed by atoms with Crippen molar-refractivity contribution in [1.82, 2.24) is 20.0 Å². The Balaban J connectivity index is 1.42. The average Bonchev–Trinajstić information content (AvgIpc) is 3.14. The number of hydrogen-bond donors (Lipinski definition) is 0. The molecule has 0 atom stereocenters. The van der Waals surface area contributed by atoms with Crippen molar-refractivity contribution in [3.05, 3.63) is 40.9 Å². The van der Waals surface area contributed by atoms with Gasteiger partial charge in [-0.2, -0.15) is 0 Å². The van der Waals surface area contributed by atoms with E-state index in [0.717, 1.165) is 37.1 Å². The molecule has 0 spiro atoms. The molecular formula is C18H24N4OS2. The van der Waals surface area contributed by atoms with Crippen LogP contribution < -0.4 is 0 Å². The van der Waals surface area contributed by atoms with E-state index in [0.29, 0.717) is 11.7 Å². The van der Waals surface area contributed by atoms with Crippen molar-refractivity contribution in [2.75, 3.05) is 31.9 Å². The van der Waals surface area contributed by atoms with E-state index in [1.807, 2.05) is 4.90 Å². The fraction of sp³-hybridized carbons (Fsp3) is 0.500. The number of thioether (sulfide) groups is 1. The summed E-state index contributed by atoms with van der Waals surface area (Å²) in [6, 6.07) is 8.91. The molecule has 0 bridgehead atoms. The third kappa shape index (κ3) is 5.26. The lowest BCUT2D eigenvalue weighted by molar-refractivity contribution is -0.130. The molecule has 1 fully saturated rings. The number of nitrogens with zero attached hydrogens (tertiary/aromatic N) is 4. The highest BCUT2D eigenvalue weighted by Gasteiger charge is 2.21. The summed E-state index contributed by atoms with van der Waals surface area (Å²) < 4.78 is 0.858. The first-order valence-corrected chi connectivity index (χ1v) is 10.5. The van der Waals surface area contributed by atoms with Crippen LogP contribution in [0, 0.1) is 0 Å². The average molecular weight is 377 g/mol. The van der Waals surface area contributed by atoms with Crippen molar-refractivity contribution in [1.29, 1.82) is 0 Å². The van der Waals surface area contributed by atoms with Gasteiger partial charge in [0.15, 0.2) is 4.34 Å². The Morgan fingerprint density at radius 2 is 1.92 bits per heavy atom. The molecule has 25 heavy (non-hydrogen) atoms. The van der Waals surface area contributed by atoms with Crippen molar-refractivity contribution in [2.24, 2.45) is 0 Å². The summed E-state index contributed by atoms with van der Waals surface area (Å²) >= 11 is 2.95. The minimum absolute atomic E-state index is 0.195. The lowest BCUT2D eigenvalue weighted by Crippen LogP contribution is -2.48. The molecule has 0 radical (unpaired) electrons. The van der Waals surface area contributed by atoms with E-state index >= 15 is 0 Å². The molecule has 1 aliphatic rings. The van der Waals surface area contributed by atoms with Crippen molar-refractivity contribution in [3.63, 3.8) is 0 Å². The molecule has 2 heterocycles. The SMILES string of the molecule is CC(C)c1ccc(CN2CCN(C(=O)CSc3nncs3)CC2)cc1. The predicted molar refractivity (Wildman–Crippen MR) is 103 cm³/mol. The van der Waals surface area contributed by atoms with Crippen molar-refractivity contribution in [2.45, 2.75) is 30.6 Å². The number of carbonyl (C=O) groups is 1. The number of piperazine rings is 1. The molecule has 134 valence electrons. The maximum Gasteiger partial charge on any atom is 0.233 e. The molecule has 0 aliphatic carbocycles. The summed E-state index contributed by atoms with van der Waals surface area (Å²) in [7, 11) is 0. The molecule has 0 saturated carbocycles. The van der Waals surface area contributed by atoms with E-state index in [-0.39, 0.29) is 5.91 Å². The highest BCUT2D eigenvalue weighted by atomic mass is 32.2. The number of aromatic nitrogens is 2. The Labute approximate surface area is 157 Å². The van der Waals surface area contributed by atoms with E-state index in [9.17, 15) is 4.79 Å². The monoisotopic (exact) mass is 376 g/mol. The van der Waals surface area contributed by atoms with Crippen molar-refractivity contribution >= 4 is 29.0 Å². The van der Waals surface area contributed by atoms with Crippen LogP contribution in [-0.2, 0) is 11.3 Å². The van der Waals surface area contributed by atoms with Gasteiger partial charge in [0, 0.05) is 32.7 Å². The number of hydrogen-bond acceptors (Lipinski definition) is 6. The summed E-state index contributed by atoms with van der Waals surface area (Å²) in [4.78, 5) is 16.7. The molecule has 1 aromatic heterocycles. The summed E-state index contributed by atoms with van der Waals surface area (Å²) in [5.74, 6) is 1.22. The Morgan fingerprint density at radius 1 is 1.20 bits per heavy atom. The van der Waals surface area contributed by atoms with Gasteiger partial charge >= 0.3 is 0 Å². The molecule has 5 nitrogen and oxygen atoms in total. The molecule has 1 saturated heterocycles. The highest BCUT2D eigenvalue weighted by molar-refractivity contribution is 8.01. The number of benzene rings is 1. The second-order valence-corrected chi connectivity index (χ2v) is 8.60. The van der Waals surface area contributed by atoms with Gasteiger partial charge in [0.25, 0.3) is 0 Å². The van der Waals surface area contributed by atoms with E-state index < -0.39 is 0 Å². The molecule has 1 amide bonds. The van der Waals surface area contributed by atoms with Crippen LogP contribution in [0.15, 0.2) is 34.1 Å². The van der Waals surface area contributed by atoms with E-state index in [2.05, 4.69) is 53.2 Å². The van der Waals surface area contributed by atoms with Crippen LogP contribution in [0.2, 0.25) is 0 Å². The van der Waals surface area contributed by atoms with Gasteiger partial charge in [-0.1, -0.05) is 61.2 Å². The van der Waals surface area contributed by atoms with Crippen LogP contribution in [0.3, 0.4) is 0 Å². The Hall–Kier alpha value is -1.44. The van der Waals surface area contributed by atoms with Gasteiger partial charge in [-0.25, -0.2) is 0 Å². The van der Waals surface area contributed by atoms with Crippen LogP contribution >= 0.6 is 23.1 Å². The molecule has 3 rings (SSSR count). The highest BCUT2D eigenvalue weighted by Crippen LogP contribution is 2.20. The lowest BCUT2D eigenvalue weighted by Gasteiger charge is -2.34. The second-order valence-electron chi connectivity index (χ2n) is 6.55. The van der Waals surface area contributed by atoms with E-state index in [1.165, 1.54) is 34.2 Å². The van der Waals surface area contributed by atoms with Crippen LogP contribution in [0.4, 0.5) is 0 Å². The minimum atomic E-state index is 0.195. The minimum Gasteiger partial charge on any atom is -0.339 e. The topological polar surface area (TPSA) is 49.3 Å². The molecule has 0 N–H and O–H groups in total. The van der Waals surface area contributed by atoms with Crippen LogP contribution in [0.25, 0.3) is 0 Å². The van der Waals surface area contributed by atoms with Crippen LogP contribution in [0.1, 0.15) is 30.9 Å². The fourth-order valence-corrected chi connectivity index (χ4v) is 4.25. The van der Waals surface area contributed by atoms with Gasteiger partial charge in [0.1, 0.15) is 5.51 Å². The van der Waals surface area contributed by atoms with Gasteiger partial charge in [-0.05, 0) is 17.0 Å². The lowest BCUT2D eigenvalue weighted by atomic mass is 10.0. The Kier molecular flexibility index (Phi) is 6.45. The van der Waals surface area contributed by atoms with Crippen molar-refractivity contribution < 1.29 is 4.79 Å². The number of carbonyl (C=O) groups excluding carboxylic acids is 1. The predicted octanol–water partition coefficient (Wildman–Crippen LogP) is 3.10. The molecule has 2 aromatic rings. The first-order chi connectivity index (χ1) is 12.1. The Bertz CT molecular complexity index is 665. The Morgan fingerprint density at radius 3 is 2.52 bits per heavy atom. The standard InChI is InChI=1S/C18H24N4OS2/c1-14(2)16-5-3-15(4-6-16)11-21-7-9-22(10-8-21)17(23)12-24-18-20-19-13-25-18/h3-6,13-14H,7-12H2,1-2H3. The third-order valence-corrected chi connectivity index (χ3v) is 6.28. The van der Waals surface area contributed by atoms with Gasteiger partial charge in [-0.15, -0.1) is 10.2 Å². The maximum absolute atomic E-state index is 12.3. The molecule has 1 aliphatic heterocycles. The largest absolute Gasteiger partial charge is 0.339 e. The normalized spacial score (nSPS) is 15.7. The summed E-state index contributed by atoms with van der Waals surface area (Å²) in [5.41, 5.74) is 4.42. The van der Waals surface area contributed by atoms with Crippen LogP contribution in [-0.4, -0.2) is 57.8 Å². The van der Waals surface area contributed by atoms with Gasteiger partial charge in [0.2, 0.25) is 5.91 Å². The van der Waals surface area contributed by atoms with Crippen molar-refractivity contribution in [3.8, 4) is 0 Å². The van der Waals surface area contributed by atoms with Gasteiger partial charge < -0.3 is 4.90 Å². The zero-order chi connectivity index (χ0) is 17.6. The van der Waals surface area contributed by atoms with Crippen LogP contribution in [0.5, 0.6) is 0 Å². The van der Waals surface area contributed by atoms with E-state index in [4.69, 9.17) is 0 Å². The summed E-state index contributed by atoms with van der Waals surface area (Å²) in [6.07, 6.45) is 0. The first kappa shape index (κ1) is 18.4. The number of rotatable bonds is 6. The quantitative estimate of drug-likeness (QED) is 0.725. The van der Waals surface area contributed by atoms with Gasteiger partial charge in [-0.3, -0.25) is 9.69 Å². The fourth-order valence-electron chi connectivity index (χ4n) is 2.86. The maximum atomic E-state index is 12.3. The summed E-state index contributed by atoms with van der Waals surface area (Å²) in [6.45, 7) is 8.87. The van der Waals surface area contributed by atoms with Gasteiger partial charge in [0.05, 0.1) is 5.75 Å². The first-order valence-electron chi connectivity index (χ1n) is 8.60. The third-order valence-electron chi connectivity index (χ3n) is 4.44. The summed E-state index contributed by atoms with van der Waals surface area (Å²) in [5, 5.41) is 7.76. The molecule has 0 unspecified atom stereocenters. The zero-order valence-electron chi connectivity index (χ0n) is 14.7. The zero-order valence-corrected chi connectivity index (χ0v) is 16.4. The van der Waals surface area contributed by atoms with E-state index in [1.54, 1.807) is 5.51 Å².